The fourth-order valence-electron chi connectivity index (χ4n) is 1.10. The average Bonchev–Trinajstić information content (AvgIpc) is 2.70. The van der Waals surface area contributed by atoms with Gasteiger partial charge in [0.25, 0.3) is 0 Å². The minimum absolute atomic E-state index is 0.161. The number of carbonyl (C=O) groups excluding carboxylic acids is 1. The van der Waals surface area contributed by atoms with Gasteiger partial charge >= 0.3 is 12.2 Å². The summed E-state index contributed by atoms with van der Waals surface area (Å²) in [5.74, 6) is 0. The largest absolute Gasteiger partial charge is 0.516 e. The summed E-state index contributed by atoms with van der Waals surface area (Å²) in [5.41, 5.74) is 0. The number of H-pyrrole nitrogens is 1. The Hall–Kier alpha value is -1.52. The molecule has 0 aromatic carbocycles. The van der Waals surface area contributed by atoms with Gasteiger partial charge in [-0.3, -0.25) is 0 Å². The Morgan fingerprint density at radius 3 is 3.00 bits per heavy atom. The highest BCUT2D eigenvalue weighted by molar-refractivity contribution is 5.62. The Kier molecular flexibility index (Phi) is 5.29. The molecular formula is C10H16N2O3. The Morgan fingerprint density at radius 2 is 2.33 bits per heavy atom. The van der Waals surface area contributed by atoms with Gasteiger partial charge in [-0.1, -0.05) is 26.2 Å². The number of hydrogen-bond donors (Lipinski definition) is 1. The highest BCUT2D eigenvalue weighted by atomic mass is 16.7. The summed E-state index contributed by atoms with van der Waals surface area (Å²) in [6.07, 6.45) is 6.65. The average molecular weight is 212 g/mol. The fourth-order valence-corrected chi connectivity index (χ4v) is 1.10. The van der Waals surface area contributed by atoms with Crippen molar-refractivity contribution in [1.29, 1.82) is 0 Å². The summed E-state index contributed by atoms with van der Waals surface area (Å²) < 4.78 is 9.57. The van der Waals surface area contributed by atoms with Crippen LogP contribution in [0.1, 0.15) is 32.6 Å². The monoisotopic (exact) mass is 212 g/mol. The van der Waals surface area contributed by atoms with Crippen LogP contribution >= 0.6 is 0 Å². The second-order valence-electron chi connectivity index (χ2n) is 3.16. The van der Waals surface area contributed by atoms with Gasteiger partial charge < -0.3 is 14.5 Å². The fraction of sp³-hybridized carbons (Fsp3) is 0.600. The van der Waals surface area contributed by atoms with Crippen molar-refractivity contribution in [2.24, 2.45) is 0 Å². The van der Waals surface area contributed by atoms with E-state index in [-0.39, 0.29) is 6.01 Å². The van der Waals surface area contributed by atoms with Crippen LogP contribution in [0.4, 0.5) is 4.79 Å². The van der Waals surface area contributed by atoms with Gasteiger partial charge in [-0.05, 0) is 6.42 Å². The number of ether oxygens (including phenoxy) is 2. The number of nitrogens with zero attached hydrogens (tertiary/aromatic N) is 1. The molecule has 0 aliphatic carbocycles. The predicted octanol–water partition coefficient (Wildman–Crippen LogP) is 2.51. The summed E-state index contributed by atoms with van der Waals surface area (Å²) in [7, 11) is 0. The van der Waals surface area contributed by atoms with Crippen LogP contribution in [-0.2, 0) is 4.74 Å². The van der Waals surface area contributed by atoms with Crippen LogP contribution < -0.4 is 4.74 Å². The number of carbonyl (C=O) groups is 1. The molecule has 5 nitrogen and oxygen atoms in total. The van der Waals surface area contributed by atoms with Crippen molar-refractivity contribution in [1.82, 2.24) is 9.97 Å². The van der Waals surface area contributed by atoms with E-state index in [1.54, 1.807) is 6.20 Å². The molecule has 0 unspecified atom stereocenters. The van der Waals surface area contributed by atoms with Crippen molar-refractivity contribution >= 4 is 6.16 Å². The molecule has 1 heterocycles. The van der Waals surface area contributed by atoms with Crippen LogP contribution in [0.5, 0.6) is 6.01 Å². The normalized spacial score (nSPS) is 9.93. The molecule has 1 aromatic rings. The number of aromatic amines is 1. The zero-order valence-corrected chi connectivity index (χ0v) is 8.86. The van der Waals surface area contributed by atoms with Gasteiger partial charge in [0.15, 0.2) is 0 Å². The number of hydrogen-bond acceptors (Lipinski definition) is 4. The molecule has 0 spiro atoms. The third-order valence-electron chi connectivity index (χ3n) is 1.87. The number of imidazole rings is 1. The second-order valence-corrected chi connectivity index (χ2v) is 3.16. The van der Waals surface area contributed by atoms with Crippen molar-refractivity contribution in [2.75, 3.05) is 6.61 Å². The van der Waals surface area contributed by atoms with Crippen LogP contribution in [0.25, 0.3) is 0 Å². The quantitative estimate of drug-likeness (QED) is 0.581. The highest BCUT2D eigenvalue weighted by Gasteiger charge is 2.06. The smallest absolute Gasteiger partial charge is 0.434 e. The highest BCUT2D eigenvalue weighted by Crippen LogP contribution is 2.02. The summed E-state index contributed by atoms with van der Waals surface area (Å²) in [6, 6.07) is 0.161. The lowest BCUT2D eigenvalue weighted by molar-refractivity contribution is 0.0944. The number of aromatic nitrogens is 2. The van der Waals surface area contributed by atoms with Crippen LogP contribution in [0.3, 0.4) is 0 Å². The van der Waals surface area contributed by atoms with E-state index in [0.717, 1.165) is 25.7 Å². The third kappa shape index (κ3) is 5.05. The first-order chi connectivity index (χ1) is 7.33. The van der Waals surface area contributed by atoms with E-state index in [9.17, 15) is 4.79 Å². The predicted molar refractivity (Wildman–Crippen MR) is 54.7 cm³/mol. The molecule has 1 N–H and O–H groups in total. The van der Waals surface area contributed by atoms with Gasteiger partial charge in [0, 0.05) is 12.4 Å². The van der Waals surface area contributed by atoms with E-state index < -0.39 is 6.16 Å². The Balaban J connectivity index is 2.04. The van der Waals surface area contributed by atoms with Gasteiger partial charge in [0.2, 0.25) is 0 Å². The zero-order valence-electron chi connectivity index (χ0n) is 8.86. The van der Waals surface area contributed by atoms with Crippen LogP contribution in [0, 0.1) is 0 Å². The number of rotatable bonds is 6. The molecule has 0 fully saturated rings. The summed E-state index contributed by atoms with van der Waals surface area (Å²) >= 11 is 0. The lowest BCUT2D eigenvalue weighted by Gasteiger charge is -2.02. The van der Waals surface area contributed by atoms with Gasteiger partial charge in [0.05, 0.1) is 6.61 Å². The Morgan fingerprint density at radius 1 is 1.47 bits per heavy atom. The maximum atomic E-state index is 11.0. The molecule has 0 amide bonds. The molecule has 0 saturated heterocycles. The van der Waals surface area contributed by atoms with Crippen LogP contribution in [0.15, 0.2) is 12.4 Å². The number of unbranched alkanes of at least 4 members (excludes halogenated alkanes) is 3. The SMILES string of the molecule is CCCCCCOC(=O)Oc1ncc[nH]1. The third-order valence-corrected chi connectivity index (χ3v) is 1.87. The Labute approximate surface area is 88.8 Å². The molecule has 5 heteroatoms. The molecule has 1 aromatic heterocycles. The molecule has 0 radical (unpaired) electrons. The zero-order chi connectivity index (χ0) is 10.9. The molecule has 0 aliphatic rings. The molecule has 1 rings (SSSR count). The van der Waals surface area contributed by atoms with Crippen molar-refractivity contribution in [3.05, 3.63) is 12.4 Å². The topological polar surface area (TPSA) is 64.2 Å². The first-order valence-electron chi connectivity index (χ1n) is 5.17. The van der Waals surface area contributed by atoms with Gasteiger partial charge in [-0.25, -0.2) is 9.78 Å². The standard InChI is InChI=1S/C10H16N2O3/c1-2-3-4-5-8-14-10(13)15-9-11-6-7-12-9/h6-7H,2-5,8H2,1H3,(H,11,12). The molecule has 0 atom stereocenters. The van der Waals surface area contributed by atoms with Crippen molar-refractivity contribution in [3.8, 4) is 6.01 Å². The molecule has 0 aliphatic heterocycles. The first-order valence-corrected chi connectivity index (χ1v) is 5.17. The van der Waals surface area contributed by atoms with Crippen LogP contribution in [0.2, 0.25) is 0 Å². The molecular weight excluding hydrogens is 196 g/mol. The van der Waals surface area contributed by atoms with Gasteiger partial charge in [-0.2, -0.15) is 0 Å². The molecule has 15 heavy (non-hydrogen) atoms. The van der Waals surface area contributed by atoms with Crippen molar-refractivity contribution in [3.63, 3.8) is 0 Å². The molecule has 0 bridgehead atoms. The molecule has 0 saturated carbocycles. The second kappa shape index (κ2) is 6.86. The van der Waals surface area contributed by atoms with E-state index in [0.29, 0.717) is 6.61 Å². The maximum absolute atomic E-state index is 11.0. The first kappa shape index (κ1) is 11.6. The van der Waals surface area contributed by atoms with Gasteiger partial charge in [-0.15, -0.1) is 0 Å². The minimum Gasteiger partial charge on any atom is -0.434 e. The van der Waals surface area contributed by atoms with Crippen LogP contribution in [-0.4, -0.2) is 22.7 Å². The minimum atomic E-state index is -0.707. The van der Waals surface area contributed by atoms with E-state index in [1.165, 1.54) is 6.20 Å². The number of nitrogens with one attached hydrogen (secondary N) is 1. The van der Waals surface area contributed by atoms with E-state index in [4.69, 9.17) is 9.47 Å². The van der Waals surface area contributed by atoms with E-state index in [1.807, 2.05) is 0 Å². The summed E-state index contributed by atoms with van der Waals surface area (Å²) in [4.78, 5) is 17.4. The van der Waals surface area contributed by atoms with E-state index in [2.05, 4.69) is 16.9 Å². The van der Waals surface area contributed by atoms with Gasteiger partial charge in [0.1, 0.15) is 0 Å². The molecule has 84 valence electrons. The Bertz CT molecular complexity index is 272. The summed E-state index contributed by atoms with van der Waals surface area (Å²) in [6.45, 7) is 2.53. The maximum Gasteiger partial charge on any atom is 0.516 e. The lowest BCUT2D eigenvalue weighted by atomic mass is 10.2. The lowest BCUT2D eigenvalue weighted by Crippen LogP contribution is -2.12. The van der Waals surface area contributed by atoms with Crippen molar-refractivity contribution < 1.29 is 14.3 Å². The summed E-state index contributed by atoms with van der Waals surface area (Å²) in [5, 5.41) is 0. The van der Waals surface area contributed by atoms with E-state index >= 15 is 0 Å². The van der Waals surface area contributed by atoms with Crippen molar-refractivity contribution in [2.45, 2.75) is 32.6 Å².